The van der Waals surface area contributed by atoms with E-state index >= 15 is 0 Å². The SMILES string of the molecule is C[C@@](N)(CS)CCCCOc1ccccc1. The molecule has 1 rings (SSSR count). The van der Waals surface area contributed by atoms with Crippen LogP contribution in [0.15, 0.2) is 30.3 Å². The molecule has 0 unspecified atom stereocenters. The number of nitrogens with two attached hydrogens (primary N) is 1. The molecule has 0 saturated heterocycles. The predicted octanol–water partition coefficient (Wildman–Crippen LogP) is 2.88. The lowest BCUT2D eigenvalue weighted by atomic mass is 9.99. The fraction of sp³-hybridized carbons (Fsp3) is 0.538. The van der Waals surface area contributed by atoms with Crippen LogP contribution in [-0.4, -0.2) is 17.9 Å². The molecule has 1 aromatic carbocycles. The second-order valence-electron chi connectivity index (χ2n) is 4.43. The molecule has 0 aliphatic heterocycles. The third kappa shape index (κ3) is 5.42. The summed E-state index contributed by atoms with van der Waals surface area (Å²) < 4.78 is 5.59. The lowest BCUT2D eigenvalue weighted by Crippen LogP contribution is -2.38. The van der Waals surface area contributed by atoms with Crippen LogP contribution in [0, 0.1) is 0 Å². The lowest BCUT2D eigenvalue weighted by molar-refractivity contribution is 0.298. The number of hydrogen-bond acceptors (Lipinski definition) is 3. The first kappa shape index (κ1) is 13.4. The van der Waals surface area contributed by atoms with Crippen LogP contribution in [0.3, 0.4) is 0 Å². The van der Waals surface area contributed by atoms with E-state index in [1.165, 1.54) is 0 Å². The lowest BCUT2D eigenvalue weighted by Gasteiger charge is -2.21. The second kappa shape index (κ2) is 6.81. The van der Waals surface area contributed by atoms with E-state index in [1.807, 2.05) is 37.3 Å². The van der Waals surface area contributed by atoms with Crippen molar-refractivity contribution in [2.75, 3.05) is 12.4 Å². The second-order valence-corrected chi connectivity index (χ2v) is 4.75. The molecule has 0 radical (unpaired) electrons. The van der Waals surface area contributed by atoms with Crippen LogP contribution in [-0.2, 0) is 0 Å². The summed E-state index contributed by atoms with van der Waals surface area (Å²) in [6.07, 6.45) is 3.12. The summed E-state index contributed by atoms with van der Waals surface area (Å²) >= 11 is 4.23. The maximum absolute atomic E-state index is 5.99. The normalized spacial score (nSPS) is 14.4. The first-order valence-electron chi connectivity index (χ1n) is 5.72. The molecule has 0 aromatic heterocycles. The van der Waals surface area contributed by atoms with Crippen LogP contribution < -0.4 is 10.5 Å². The molecular formula is C13H21NOS. The molecule has 0 spiro atoms. The van der Waals surface area contributed by atoms with Crippen molar-refractivity contribution >= 4 is 12.6 Å². The van der Waals surface area contributed by atoms with Crippen LogP contribution in [0.5, 0.6) is 5.75 Å². The van der Waals surface area contributed by atoms with Gasteiger partial charge in [-0.15, -0.1) is 0 Å². The molecule has 3 heteroatoms. The van der Waals surface area contributed by atoms with Crippen molar-refractivity contribution in [1.29, 1.82) is 0 Å². The highest BCUT2D eigenvalue weighted by Gasteiger charge is 2.14. The molecule has 0 aliphatic carbocycles. The summed E-state index contributed by atoms with van der Waals surface area (Å²) in [6, 6.07) is 9.89. The van der Waals surface area contributed by atoms with E-state index in [1.54, 1.807) is 0 Å². The Morgan fingerprint density at radius 3 is 2.56 bits per heavy atom. The van der Waals surface area contributed by atoms with Gasteiger partial charge >= 0.3 is 0 Å². The highest BCUT2D eigenvalue weighted by molar-refractivity contribution is 7.80. The Morgan fingerprint density at radius 2 is 1.94 bits per heavy atom. The van der Waals surface area contributed by atoms with E-state index < -0.39 is 0 Å². The van der Waals surface area contributed by atoms with Gasteiger partial charge in [-0.3, -0.25) is 0 Å². The van der Waals surface area contributed by atoms with Crippen molar-refractivity contribution in [2.45, 2.75) is 31.7 Å². The van der Waals surface area contributed by atoms with Gasteiger partial charge in [-0.05, 0) is 38.3 Å². The Labute approximate surface area is 104 Å². The van der Waals surface area contributed by atoms with Crippen molar-refractivity contribution < 1.29 is 4.74 Å². The van der Waals surface area contributed by atoms with Gasteiger partial charge in [0.1, 0.15) is 5.75 Å². The van der Waals surface area contributed by atoms with Gasteiger partial charge in [-0.1, -0.05) is 18.2 Å². The van der Waals surface area contributed by atoms with Gasteiger partial charge in [0.05, 0.1) is 6.61 Å². The molecule has 16 heavy (non-hydrogen) atoms. The molecule has 0 heterocycles. The third-order valence-electron chi connectivity index (χ3n) is 2.52. The first-order valence-corrected chi connectivity index (χ1v) is 6.35. The van der Waals surface area contributed by atoms with E-state index in [9.17, 15) is 0 Å². The zero-order chi connectivity index (χ0) is 11.9. The minimum absolute atomic E-state index is 0.143. The zero-order valence-electron chi connectivity index (χ0n) is 9.86. The molecule has 2 nitrogen and oxygen atoms in total. The van der Waals surface area contributed by atoms with E-state index in [0.29, 0.717) is 0 Å². The fourth-order valence-electron chi connectivity index (χ4n) is 1.42. The molecule has 0 fully saturated rings. The van der Waals surface area contributed by atoms with Crippen LogP contribution in [0.2, 0.25) is 0 Å². The van der Waals surface area contributed by atoms with Gasteiger partial charge in [0.15, 0.2) is 0 Å². The highest BCUT2D eigenvalue weighted by Crippen LogP contribution is 2.13. The predicted molar refractivity (Wildman–Crippen MR) is 72.2 cm³/mol. The van der Waals surface area contributed by atoms with Crippen molar-refractivity contribution in [3.05, 3.63) is 30.3 Å². The summed E-state index contributed by atoms with van der Waals surface area (Å²) in [4.78, 5) is 0. The molecule has 1 aromatic rings. The summed E-state index contributed by atoms with van der Waals surface area (Å²) in [7, 11) is 0. The molecule has 1 atom stereocenters. The number of ether oxygens (including phenoxy) is 1. The standard InChI is InChI=1S/C13H21NOS/c1-13(14,11-16)9-5-6-10-15-12-7-3-2-4-8-12/h2-4,7-8,16H,5-6,9-11,14H2,1H3/t13-/m0/s1. The maximum Gasteiger partial charge on any atom is 0.119 e. The Morgan fingerprint density at radius 1 is 1.25 bits per heavy atom. The van der Waals surface area contributed by atoms with Crippen LogP contribution in [0.1, 0.15) is 26.2 Å². The van der Waals surface area contributed by atoms with Crippen LogP contribution in [0.25, 0.3) is 0 Å². The summed E-state index contributed by atoms with van der Waals surface area (Å²) in [5, 5.41) is 0. The van der Waals surface area contributed by atoms with E-state index in [-0.39, 0.29) is 5.54 Å². The Balaban J connectivity index is 2.09. The number of para-hydroxylation sites is 1. The molecule has 0 amide bonds. The van der Waals surface area contributed by atoms with Crippen molar-refractivity contribution in [3.63, 3.8) is 0 Å². The summed E-state index contributed by atoms with van der Waals surface area (Å²) in [5.74, 6) is 1.67. The quantitative estimate of drug-likeness (QED) is 0.567. The topological polar surface area (TPSA) is 35.2 Å². The van der Waals surface area contributed by atoms with E-state index in [2.05, 4.69) is 12.6 Å². The number of thiol groups is 1. The minimum atomic E-state index is -0.143. The van der Waals surface area contributed by atoms with Crippen LogP contribution >= 0.6 is 12.6 Å². The fourth-order valence-corrected chi connectivity index (χ4v) is 1.57. The van der Waals surface area contributed by atoms with Crippen LogP contribution in [0.4, 0.5) is 0 Å². The Bertz CT molecular complexity index is 287. The zero-order valence-corrected chi connectivity index (χ0v) is 10.7. The Hall–Kier alpha value is -0.670. The average molecular weight is 239 g/mol. The van der Waals surface area contributed by atoms with Crippen molar-refractivity contribution in [3.8, 4) is 5.75 Å². The molecular weight excluding hydrogens is 218 g/mol. The number of unbranched alkanes of at least 4 members (excludes halogenated alkanes) is 1. The maximum atomic E-state index is 5.99. The molecule has 90 valence electrons. The average Bonchev–Trinajstić information content (AvgIpc) is 2.30. The van der Waals surface area contributed by atoms with Gasteiger partial charge in [0.25, 0.3) is 0 Å². The number of rotatable bonds is 7. The highest BCUT2D eigenvalue weighted by atomic mass is 32.1. The summed E-state index contributed by atoms with van der Waals surface area (Å²) in [5.41, 5.74) is 5.85. The van der Waals surface area contributed by atoms with Gasteiger partial charge in [-0.2, -0.15) is 12.6 Å². The van der Waals surface area contributed by atoms with Gasteiger partial charge in [-0.25, -0.2) is 0 Å². The molecule has 0 bridgehead atoms. The largest absolute Gasteiger partial charge is 0.494 e. The molecule has 0 aliphatic rings. The van der Waals surface area contributed by atoms with E-state index in [0.717, 1.165) is 37.4 Å². The Kier molecular flexibility index (Phi) is 5.71. The van der Waals surface area contributed by atoms with Gasteiger partial charge in [0, 0.05) is 11.3 Å². The number of benzene rings is 1. The van der Waals surface area contributed by atoms with E-state index in [4.69, 9.17) is 10.5 Å². The smallest absolute Gasteiger partial charge is 0.119 e. The minimum Gasteiger partial charge on any atom is -0.494 e. The molecule has 0 saturated carbocycles. The number of hydrogen-bond donors (Lipinski definition) is 2. The third-order valence-corrected chi connectivity index (χ3v) is 3.24. The van der Waals surface area contributed by atoms with Crippen molar-refractivity contribution in [1.82, 2.24) is 0 Å². The van der Waals surface area contributed by atoms with Gasteiger partial charge < -0.3 is 10.5 Å². The monoisotopic (exact) mass is 239 g/mol. The molecule has 2 N–H and O–H groups in total. The first-order chi connectivity index (χ1) is 7.64. The van der Waals surface area contributed by atoms with Crippen molar-refractivity contribution in [2.24, 2.45) is 5.73 Å². The van der Waals surface area contributed by atoms with Gasteiger partial charge in [0.2, 0.25) is 0 Å². The summed E-state index contributed by atoms with van der Waals surface area (Å²) in [6.45, 7) is 2.80.